The van der Waals surface area contributed by atoms with Gasteiger partial charge in [-0.05, 0) is 30.8 Å². The van der Waals surface area contributed by atoms with Gasteiger partial charge in [-0.25, -0.2) is 0 Å². The second-order valence-electron chi connectivity index (χ2n) is 4.05. The van der Waals surface area contributed by atoms with Gasteiger partial charge in [0.1, 0.15) is 6.10 Å². The fourth-order valence-electron chi connectivity index (χ4n) is 1.24. The summed E-state index contributed by atoms with van der Waals surface area (Å²) in [5, 5.41) is 15.3. The molecule has 0 aliphatic rings. The average molecular weight is 250 g/mol. The minimum absolute atomic E-state index is 0. The number of aliphatic hydroxyl groups is 1. The SMILES string of the molecule is CC(C)CNC(C)C(O)c1cccs1.Cl. The standard InChI is InChI=1S/C11H19NOS.ClH/c1-8(2)7-12-9(3)11(13)10-5-4-6-14-10;/h4-6,8-9,11-13H,7H2,1-3H3;1H. The summed E-state index contributed by atoms with van der Waals surface area (Å²) >= 11 is 1.60. The third kappa shape index (κ3) is 4.98. The minimum atomic E-state index is -0.381. The van der Waals surface area contributed by atoms with Crippen molar-refractivity contribution in [1.82, 2.24) is 5.32 Å². The van der Waals surface area contributed by atoms with Crippen LogP contribution in [0.15, 0.2) is 17.5 Å². The lowest BCUT2D eigenvalue weighted by Gasteiger charge is -2.20. The summed E-state index contributed by atoms with van der Waals surface area (Å²) in [5.41, 5.74) is 0. The van der Waals surface area contributed by atoms with Gasteiger partial charge in [-0.3, -0.25) is 0 Å². The summed E-state index contributed by atoms with van der Waals surface area (Å²) in [4.78, 5) is 1.04. The Morgan fingerprint density at radius 1 is 1.40 bits per heavy atom. The van der Waals surface area contributed by atoms with Crippen LogP contribution in [-0.2, 0) is 0 Å². The van der Waals surface area contributed by atoms with Crippen molar-refractivity contribution in [3.05, 3.63) is 22.4 Å². The molecule has 1 rings (SSSR count). The van der Waals surface area contributed by atoms with Gasteiger partial charge in [0.2, 0.25) is 0 Å². The van der Waals surface area contributed by atoms with Crippen LogP contribution in [0.25, 0.3) is 0 Å². The van der Waals surface area contributed by atoms with Crippen molar-refractivity contribution in [3.63, 3.8) is 0 Å². The van der Waals surface area contributed by atoms with E-state index in [4.69, 9.17) is 0 Å². The zero-order valence-corrected chi connectivity index (χ0v) is 11.1. The topological polar surface area (TPSA) is 32.3 Å². The van der Waals surface area contributed by atoms with Crippen molar-refractivity contribution in [2.24, 2.45) is 5.92 Å². The molecule has 2 atom stereocenters. The van der Waals surface area contributed by atoms with Gasteiger partial charge in [0.15, 0.2) is 0 Å². The molecule has 1 aromatic heterocycles. The summed E-state index contributed by atoms with van der Waals surface area (Å²) in [5.74, 6) is 0.619. The fourth-order valence-corrected chi connectivity index (χ4v) is 2.05. The van der Waals surface area contributed by atoms with E-state index >= 15 is 0 Å². The Labute approximate surface area is 102 Å². The van der Waals surface area contributed by atoms with Gasteiger partial charge in [0, 0.05) is 10.9 Å². The van der Waals surface area contributed by atoms with E-state index < -0.39 is 0 Å². The highest BCUT2D eigenvalue weighted by atomic mass is 35.5. The molecule has 0 radical (unpaired) electrons. The van der Waals surface area contributed by atoms with Gasteiger partial charge in [0.05, 0.1) is 0 Å². The first kappa shape index (κ1) is 14.9. The first-order valence-electron chi connectivity index (χ1n) is 5.06. The number of hydrogen-bond acceptors (Lipinski definition) is 3. The Kier molecular flexibility index (Phi) is 7.18. The van der Waals surface area contributed by atoms with E-state index in [9.17, 15) is 5.11 Å². The lowest BCUT2D eigenvalue weighted by atomic mass is 10.1. The van der Waals surface area contributed by atoms with Crippen LogP contribution in [0.3, 0.4) is 0 Å². The molecule has 15 heavy (non-hydrogen) atoms. The highest BCUT2D eigenvalue weighted by molar-refractivity contribution is 7.10. The second-order valence-corrected chi connectivity index (χ2v) is 5.03. The second kappa shape index (κ2) is 7.23. The monoisotopic (exact) mass is 249 g/mol. The van der Waals surface area contributed by atoms with E-state index in [1.807, 2.05) is 24.4 Å². The van der Waals surface area contributed by atoms with E-state index in [1.165, 1.54) is 0 Å². The smallest absolute Gasteiger partial charge is 0.103 e. The maximum atomic E-state index is 9.94. The lowest BCUT2D eigenvalue weighted by molar-refractivity contribution is 0.138. The third-order valence-electron chi connectivity index (χ3n) is 2.16. The van der Waals surface area contributed by atoms with Gasteiger partial charge < -0.3 is 10.4 Å². The molecule has 0 aliphatic carbocycles. The van der Waals surface area contributed by atoms with E-state index in [-0.39, 0.29) is 24.6 Å². The van der Waals surface area contributed by atoms with E-state index in [0.717, 1.165) is 11.4 Å². The molecule has 2 N–H and O–H groups in total. The maximum Gasteiger partial charge on any atom is 0.103 e. The summed E-state index contributed by atoms with van der Waals surface area (Å²) < 4.78 is 0. The molecule has 1 heterocycles. The molecule has 1 aromatic rings. The Morgan fingerprint density at radius 2 is 2.07 bits per heavy atom. The molecule has 88 valence electrons. The minimum Gasteiger partial charge on any atom is -0.386 e. The molecule has 0 aromatic carbocycles. The van der Waals surface area contributed by atoms with Crippen LogP contribution in [0.5, 0.6) is 0 Å². The average Bonchev–Trinajstić information content (AvgIpc) is 2.65. The Balaban J connectivity index is 0.00000196. The van der Waals surface area contributed by atoms with Crippen LogP contribution in [0, 0.1) is 5.92 Å². The number of rotatable bonds is 5. The summed E-state index contributed by atoms with van der Waals surface area (Å²) in [7, 11) is 0. The molecule has 0 amide bonds. The van der Waals surface area contributed by atoms with Crippen LogP contribution in [0.1, 0.15) is 31.8 Å². The number of halogens is 1. The van der Waals surface area contributed by atoms with Crippen LogP contribution < -0.4 is 5.32 Å². The van der Waals surface area contributed by atoms with Crippen molar-refractivity contribution in [1.29, 1.82) is 0 Å². The number of nitrogens with one attached hydrogen (secondary N) is 1. The van der Waals surface area contributed by atoms with Crippen LogP contribution in [-0.4, -0.2) is 17.7 Å². The highest BCUT2D eigenvalue weighted by Crippen LogP contribution is 2.21. The Morgan fingerprint density at radius 3 is 2.53 bits per heavy atom. The van der Waals surface area contributed by atoms with Gasteiger partial charge in [0.25, 0.3) is 0 Å². The Bertz CT molecular complexity index is 251. The Hall–Kier alpha value is -0.0900. The first-order valence-corrected chi connectivity index (χ1v) is 5.94. The van der Waals surface area contributed by atoms with Gasteiger partial charge >= 0.3 is 0 Å². The molecule has 0 spiro atoms. The fraction of sp³-hybridized carbons (Fsp3) is 0.636. The van der Waals surface area contributed by atoms with E-state index in [1.54, 1.807) is 11.3 Å². The van der Waals surface area contributed by atoms with Crippen LogP contribution in [0.4, 0.5) is 0 Å². The quantitative estimate of drug-likeness (QED) is 0.841. The van der Waals surface area contributed by atoms with E-state index in [2.05, 4.69) is 19.2 Å². The molecular formula is C11H20ClNOS. The number of aliphatic hydroxyl groups excluding tert-OH is 1. The lowest BCUT2D eigenvalue weighted by Crippen LogP contribution is -2.34. The zero-order valence-electron chi connectivity index (χ0n) is 9.43. The molecule has 0 saturated heterocycles. The molecule has 0 saturated carbocycles. The first-order chi connectivity index (χ1) is 6.61. The third-order valence-corrected chi connectivity index (χ3v) is 3.10. The van der Waals surface area contributed by atoms with Crippen molar-refractivity contribution in [2.45, 2.75) is 32.9 Å². The largest absolute Gasteiger partial charge is 0.386 e. The number of hydrogen-bond donors (Lipinski definition) is 2. The molecule has 4 heteroatoms. The summed E-state index contributed by atoms with van der Waals surface area (Å²) in [6, 6.07) is 4.07. The zero-order chi connectivity index (χ0) is 10.6. The summed E-state index contributed by atoms with van der Waals surface area (Å²) in [6.45, 7) is 7.30. The van der Waals surface area contributed by atoms with Gasteiger partial charge in [-0.1, -0.05) is 19.9 Å². The molecule has 0 bridgehead atoms. The molecule has 2 unspecified atom stereocenters. The van der Waals surface area contributed by atoms with Crippen LogP contribution >= 0.6 is 23.7 Å². The summed E-state index contributed by atoms with van der Waals surface area (Å²) in [6.07, 6.45) is -0.381. The highest BCUT2D eigenvalue weighted by Gasteiger charge is 2.16. The van der Waals surface area contributed by atoms with Crippen molar-refractivity contribution >= 4 is 23.7 Å². The normalized spacial score (nSPS) is 14.7. The molecule has 2 nitrogen and oxygen atoms in total. The van der Waals surface area contributed by atoms with Crippen molar-refractivity contribution < 1.29 is 5.11 Å². The van der Waals surface area contributed by atoms with Crippen molar-refractivity contribution in [2.75, 3.05) is 6.54 Å². The predicted octanol–water partition coefficient (Wildman–Crippen LogP) is 2.84. The predicted molar refractivity (Wildman–Crippen MR) is 68.8 cm³/mol. The molecule has 0 aliphatic heterocycles. The van der Waals surface area contributed by atoms with Gasteiger partial charge in [-0.15, -0.1) is 23.7 Å². The maximum absolute atomic E-state index is 9.94. The number of thiophene rings is 1. The van der Waals surface area contributed by atoms with E-state index in [0.29, 0.717) is 5.92 Å². The molecular weight excluding hydrogens is 230 g/mol. The van der Waals surface area contributed by atoms with Gasteiger partial charge in [-0.2, -0.15) is 0 Å². The molecule has 0 fully saturated rings. The van der Waals surface area contributed by atoms with Crippen LogP contribution in [0.2, 0.25) is 0 Å². The van der Waals surface area contributed by atoms with Crippen molar-refractivity contribution in [3.8, 4) is 0 Å².